The Bertz CT molecular complexity index is 1360. The molecule has 1 amide bonds. The van der Waals surface area contributed by atoms with E-state index in [1.54, 1.807) is 19.1 Å². The number of nitrogens with zero attached hydrogens (tertiary/aromatic N) is 2. The van der Waals surface area contributed by atoms with Gasteiger partial charge in [0.15, 0.2) is 0 Å². The highest BCUT2D eigenvalue weighted by Gasteiger charge is 2.28. The highest BCUT2D eigenvalue weighted by Crippen LogP contribution is 2.28. The first-order valence-electron chi connectivity index (χ1n) is 10.1. The molecule has 0 atom stereocenters. The number of carbonyl (C=O) groups is 1. The van der Waals surface area contributed by atoms with Crippen molar-refractivity contribution in [3.8, 4) is 0 Å². The fourth-order valence-electron chi connectivity index (χ4n) is 3.72. The lowest BCUT2D eigenvalue weighted by Gasteiger charge is -2.28. The number of anilines is 1. The van der Waals surface area contributed by atoms with E-state index in [9.17, 15) is 23.3 Å². The average molecular weight is 486 g/mol. The van der Waals surface area contributed by atoms with Crippen LogP contribution < -0.4 is 5.32 Å². The maximum absolute atomic E-state index is 13.0. The summed E-state index contributed by atoms with van der Waals surface area (Å²) < 4.78 is 27.5. The SMILES string of the molecule is Cc1ccc(C(=O)Nc2ccc3c(c2)CN(S(=O)(=O)c2ccc(Cl)cc2)CC3)cc1[N+](=O)[O-]. The van der Waals surface area contributed by atoms with Gasteiger partial charge < -0.3 is 5.32 Å². The van der Waals surface area contributed by atoms with E-state index in [1.165, 1.54) is 46.8 Å². The minimum atomic E-state index is -3.69. The van der Waals surface area contributed by atoms with Crippen molar-refractivity contribution in [3.05, 3.63) is 98.1 Å². The van der Waals surface area contributed by atoms with Gasteiger partial charge in [0.1, 0.15) is 0 Å². The van der Waals surface area contributed by atoms with Crippen LogP contribution in [0.15, 0.2) is 65.6 Å². The quantitative estimate of drug-likeness (QED) is 0.421. The zero-order chi connectivity index (χ0) is 23.8. The lowest BCUT2D eigenvalue weighted by atomic mass is 10.0. The van der Waals surface area contributed by atoms with Gasteiger partial charge in [-0.15, -0.1) is 0 Å². The Morgan fingerprint density at radius 2 is 1.79 bits per heavy atom. The van der Waals surface area contributed by atoms with Crippen LogP contribution in [0.4, 0.5) is 11.4 Å². The van der Waals surface area contributed by atoms with Gasteiger partial charge in [-0.3, -0.25) is 14.9 Å². The summed E-state index contributed by atoms with van der Waals surface area (Å²) in [5.74, 6) is -0.487. The van der Waals surface area contributed by atoms with Crippen molar-refractivity contribution in [2.24, 2.45) is 0 Å². The molecule has 8 nitrogen and oxygen atoms in total. The number of fused-ring (bicyclic) bond motifs is 1. The van der Waals surface area contributed by atoms with Crippen LogP contribution in [0.5, 0.6) is 0 Å². The van der Waals surface area contributed by atoms with Gasteiger partial charge in [-0.05, 0) is 66.9 Å². The van der Waals surface area contributed by atoms with E-state index in [4.69, 9.17) is 11.6 Å². The summed E-state index contributed by atoms with van der Waals surface area (Å²) in [5.41, 5.74) is 2.76. The Morgan fingerprint density at radius 1 is 1.06 bits per heavy atom. The number of hydrogen-bond donors (Lipinski definition) is 1. The van der Waals surface area contributed by atoms with Crippen LogP contribution in [0.3, 0.4) is 0 Å². The molecule has 1 aliphatic heterocycles. The van der Waals surface area contributed by atoms with Crippen LogP contribution in [-0.4, -0.2) is 30.1 Å². The summed E-state index contributed by atoms with van der Waals surface area (Å²) in [6, 6.07) is 15.6. The molecule has 1 heterocycles. The van der Waals surface area contributed by atoms with Crippen molar-refractivity contribution in [2.75, 3.05) is 11.9 Å². The number of carbonyl (C=O) groups excluding carboxylic acids is 1. The summed E-state index contributed by atoms with van der Waals surface area (Å²) in [5, 5.41) is 14.4. The Kier molecular flexibility index (Phi) is 6.20. The van der Waals surface area contributed by atoms with Gasteiger partial charge in [-0.2, -0.15) is 4.31 Å². The number of amides is 1. The number of nitrogens with one attached hydrogen (secondary N) is 1. The van der Waals surface area contributed by atoms with Gasteiger partial charge in [-0.1, -0.05) is 23.7 Å². The van der Waals surface area contributed by atoms with Gasteiger partial charge in [0.2, 0.25) is 10.0 Å². The van der Waals surface area contributed by atoms with Crippen molar-refractivity contribution in [2.45, 2.75) is 24.8 Å². The lowest BCUT2D eigenvalue weighted by Crippen LogP contribution is -2.36. The minimum Gasteiger partial charge on any atom is -0.322 e. The molecule has 0 saturated heterocycles. The van der Waals surface area contributed by atoms with E-state index in [0.29, 0.717) is 29.2 Å². The van der Waals surface area contributed by atoms with E-state index >= 15 is 0 Å². The second-order valence-corrected chi connectivity index (χ2v) is 10.1. The normalized spacial score (nSPS) is 13.9. The molecule has 3 aromatic rings. The number of halogens is 1. The second kappa shape index (κ2) is 8.93. The van der Waals surface area contributed by atoms with Gasteiger partial charge in [0.05, 0.1) is 9.82 Å². The first-order valence-corrected chi connectivity index (χ1v) is 11.9. The predicted octanol–water partition coefficient (Wildman–Crippen LogP) is 4.56. The highest BCUT2D eigenvalue weighted by molar-refractivity contribution is 7.89. The number of nitro benzene ring substituents is 1. The number of benzene rings is 3. The molecule has 0 aliphatic carbocycles. The van der Waals surface area contributed by atoms with Crippen LogP contribution >= 0.6 is 11.6 Å². The van der Waals surface area contributed by atoms with Crippen LogP contribution in [-0.2, 0) is 23.0 Å². The van der Waals surface area contributed by atoms with Gasteiger partial charge in [0, 0.05) is 41.0 Å². The Morgan fingerprint density at radius 3 is 2.48 bits per heavy atom. The minimum absolute atomic E-state index is 0.129. The molecule has 0 unspecified atom stereocenters. The Balaban J connectivity index is 1.54. The number of nitro groups is 1. The Hall–Kier alpha value is -3.27. The van der Waals surface area contributed by atoms with Crippen LogP contribution in [0, 0.1) is 17.0 Å². The lowest BCUT2D eigenvalue weighted by molar-refractivity contribution is -0.385. The molecule has 1 aliphatic rings. The third-order valence-electron chi connectivity index (χ3n) is 5.56. The number of hydrogen-bond acceptors (Lipinski definition) is 5. The van der Waals surface area contributed by atoms with Gasteiger partial charge >= 0.3 is 0 Å². The third kappa shape index (κ3) is 4.75. The standard InChI is InChI=1S/C23H20ClN3O5S/c1-15-2-3-17(13-22(15)27(29)30)23(28)25-20-7-4-16-10-11-26(14-18(16)12-20)33(31,32)21-8-5-19(24)6-9-21/h2-9,12-13H,10-11,14H2,1H3,(H,25,28). The number of rotatable bonds is 5. The van der Waals surface area contributed by atoms with E-state index in [1.807, 2.05) is 6.07 Å². The zero-order valence-corrected chi connectivity index (χ0v) is 19.2. The van der Waals surface area contributed by atoms with Crippen molar-refractivity contribution in [3.63, 3.8) is 0 Å². The van der Waals surface area contributed by atoms with Gasteiger partial charge in [0.25, 0.3) is 11.6 Å². The number of aryl methyl sites for hydroxylation is 1. The van der Waals surface area contributed by atoms with Crippen LogP contribution in [0.25, 0.3) is 0 Å². The maximum Gasteiger partial charge on any atom is 0.273 e. The predicted molar refractivity (Wildman–Crippen MR) is 125 cm³/mol. The van der Waals surface area contributed by atoms with Crippen LogP contribution in [0.2, 0.25) is 5.02 Å². The molecule has 170 valence electrons. The third-order valence-corrected chi connectivity index (χ3v) is 7.67. The first-order chi connectivity index (χ1) is 15.6. The summed E-state index contributed by atoms with van der Waals surface area (Å²) in [6.45, 7) is 2.11. The van der Waals surface area contributed by atoms with Crippen LogP contribution in [0.1, 0.15) is 27.0 Å². The molecule has 0 spiro atoms. The van der Waals surface area contributed by atoms with E-state index in [2.05, 4.69) is 5.32 Å². The fraction of sp³-hybridized carbons (Fsp3) is 0.174. The molecule has 1 N–H and O–H groups in total. The highest BCUT2D eigenvalue weighted by atomic mass is 35.5. The second-order valence-electron chi connectivity index (χ2n) is 7.74. The van der Waals surface area contributed by atoms with E-state index in [0.717, 1.165) is 11.1 Å². The van der Waals surface area contributed by atoms with Crippen molar-refractivity contribution in [1.29, 1.82) is 0 Å². The Labute approximate surface area is 196 Å². The largest absolute Gasteiger partial charge is 0.322 e. The zero-order valence-electron chi connectivity index (χ0n) is 17.6. The summed E-state index contributed by atoms with van der Waals surface area (Å²) in [6.07, 6.45) is 0.542. The number of sulfonamides is 1. The maximum atomic E-state index is 13.0. The van der Waals surface area contributed by atoms with Crippen molar-refractivity contribution >= 4 is 38.9 Å². The molecule has 3 aromatic carbocycles. The molecule has 0 saturated carbocycles. The van der Waals surface area contributed by atoms with E-state index < -0.39 is 20.9 Å². The first kappa shape index (κ1) is 22.9. The summed E-state index contributed by atoms with van der Waals surface area (Å²) >= 11 is 5.87. The topological polar surface area (TPSA) is 110 Å². The molecule has 4 rings (SSSR count). The van der Waals surface area contributed by atoms with E-state index in [-0.39, 0.29) is 22.7 Å². The van der Waals surface area contributed by atoms with Crippen molar-refractivity contribution in [1.82, 2.24) is 4.31 Å². The van der Waals surface area contributed by atoms with Gasteiger partial charge in [-0.25, -0.2) is 8.42 Å². The molecular weight excluding hydrogens is 466 g/mol. The molecule has 0 fully saturated rings. The molecular formula is C23H20ClN3O5S. The smallest absolute Gasteiger partial charge is 0.273 e. The monoisotopic (exact) mass is 485 g/mol. The molecule has 0 aromatic heterocycles. The van der Waals surface area contributed by atoms with Crippen molar-refractivity contribution < 1.29 is 18.1 Å². The summed E-state index contributed by atoms with van der Waals surface area (Å²) in [4.78, 5) is 23.5. The summed E-state index contributed by atoms with van der Waals surface area (Å²) in [7, 11) is -3.69. The molecule has 0 bridgehead atoms. The molecule has 10 heteroatoms. The fourth-order valence-corrected chi connectivity index (χ4v) is 5.27. The average Bonchev–Trinajstić information content (AvgIpc) is 2.79. The molecule has 33 heavy (non-hydrogen) atoms. The molecule has 0 radical (unpaired) electrons.